The van der Waals surface area contributed by atoms with E-state index in [4.69, 9.17) is 0 Å². The average Bonchev–Trinajstić information content (AvgIpc) is 2.61. The van der Waals surface area contributed by atoms with Crippen molar-refractivity contribution in [2.45, 2.75) is 42.6 Å². The van der Waals surface area contributed by atoms with Crippen molar-refractivity contribution in [2.24, 2.45) is 0 Å². The van der Waals surface area contributed by atoms with Crippen LogP contribution < -0.4 is 0 Å². The molecule has 2 bridgehead atoms. The lowest BCUT2D eigenvalue weighted by atomic mass is 10.0. The van der Waals surface area contributed by atoms with Crippen LogP contribution in [0.5, 0.6) is 5.75 Å². The minimum absolute atomic E-state index is 0.0306. The number of rotatable bonds is 1. The van der Waals surface area contributed by atoms with Gasteiger partial charge in [-0.15, -0.1) is 0 Å². The summed E-state index contributed by atoms with van der Waals surface area (Å²) >= 11 is 6.97. The Morgan fingerprint density at radius 1 is 1.26 bits per heavy atom. The van der Waals surface area contributed by atoms with Gasteiger partial charge in [0.2, 0.25) is 0 Å². The van der Waals surface area contributed by atoms with Crippen molar-refractivity contribution < 1.29 is 9.90 Å². The second kappa shape index (κ2) is 5.09. The number of nitrogens with zero attached hydrogens (tertiary/aromatic N) is 1. The van der Waals surface area contributed by atoms with E-state index in [0.717, 1.165) is 30.2 Å². The van der Waals surface area contributed by atoms with Gasteiger partial charge in [-0.25, -0.2) is 0 Å². The summed E-state index contributed by atoms with van der Waals surface area (Å²) in [5.74, 6) is 0.0247. The summed E-state index contributed by atoms with van der Waals surface area (Å²) in [4.78, 5) is 15.1. The summed E-state index contributed by atoms with van der Waals surface area (Å²) in [5.41, 5.74) is 0.410. The van der Waals surface area contributed by atoms with Gasteiger partial charge in [0.05, 0.1) is 5.56 Å². The Labute approximate surface area is 129 Å². The standard InChI is InChI=1S/C14H15Br2NO2/c15-8-1-4-12(13(18)7-8)14(19)17-10-2-3-11(17)6-9(16)5-10/h1,4,7,9-11,18H,2-3,5-6H2. The Hall–Kier alpha value is -0.550. The van der Waals surface area contributed by atoms with Crippen LogP contribution in [0.3, 0.4) is 0 Å². The quantitative estimate of drug-likeness (QED) is 0.745. The largest absolute Gasteiger partial charge is 0.507 e. The van der Waals surface area contributed by atoms with E-state index in [1.54, 1.807) is 18.2 Å². The third-order valence-electron chi connectivity index (χ3n) is 4.10. The van der Waals surface area contributed by atoms with Crippen molar-refractivity contribution >= 4 is 37.8 Å². The molecule has 0 aliphatic carbocycles. The highest BCUT2D eigenvalue weighted by Gasteiger charge is 2.43. The summed E-state index contributed by atoms with van der Waals surface area (Å²) in [6, 6.07) is 5.71. The fourth-order valence-corrected chi connectivity index (χ4v) is 4.48. The number of alkyl halides is 1. The van der Waals surface area contributed by atoms with Gasteiger partial charge in [0.1, 0.15) is 5.75 Å². The van der Waals surface area contributed by atoms with Crippen LogP contribution in [0.4, 0.5) is 0 Å². The molecule has 2 unspecified atom stereocenters. The molecule has 3 nitrogen and oxygen atoms in total. The highest BCUT2D eigenvalue weighted by atomic mass is 79.9. The van der Waals surface area contributed by atoms with Crippen molar-refractivity contribution in [3.8, 4) is 5.75 Å². The second-order valence-corrected chi connectivity index (χ2v) is 7.54. The Bertz CT molecular complexity index is 506. The average molecular weight is 389 g/mol. The SMILES string of the molecule is O=C(c1ccc(Br)cc1O)N1C2CCC1CC(Br)C2. The summed E-state index contributed by atoms with van der Waals surface area (Å²) in [6.07, 6.45) is 4.19. The molecule has 19 heavy (non-hydrogen) atoms. The highest BCUT2D eigenvalue weighted by molar-refractivity contribution is 9.10. The molecule has 0 saturated carbocycles. The summed E-state index contributed by atoms with van der Waals surface area (Å²) in [6.45, 7) is 0. The van der Waals surface area contributed by atoms with Crippen LogP contribution in [0, 0.1) is 0 Å². The van der Waals surface area contributed by atoms with Gasteiger partial charge in [0.25, 0.3) is 5.91 Å². The third kappa shape index (κ3) is 2.42. The number of hydrogen-bond donors (Lipinski definition) is 1. The molecule has 1 aromatic rings. The van der Waals surface area contributed by atoms with Gasteiger partial charge in [-0.05, 0) is 43.9 Å². The van der Waals surface area contributed by atoms with E-state index >= 15 is 0 Å². The van der Waals surface area contributed by atoms with Crippen LogP contribution >= 0.6 is 31.9 Å². The number of carbonyl (C=O) groups excluding carboxylic acids is 1. The first kappa shape index (κ1) is 13.4. The number of benzene rings is 1. The highest BCUT2D eigenvalue weighted by Crippen LogP contribution is 2.40. The third-order valence-corrected chi connectivity index (χ3v) is 5.34. The zero-order chi connectivity index (χ0) is 13.6. The van der Waals surface area contributed by atoms with Crippen LogP contribution in [-0.2, 0) is 0 Å². The Morgan fingerprint density at radius 3 is 2.47 bits per heavy atom. The normalized spacial score (nSPS) is 29.6. The maximum Gasteiger partial charge on any atom is 0.258 e. The molecule has 1 N–H and O–H groups in total. The van der Waals surface area contributed by atoms with Crippen molar-refractivity contribution in [3.63, 3.8) is 0 Å². The van der Waals surface area contributed by atoms with Crippen LogP contribution in [0.1, 0.15) is 36.0 Å². The van der Waals surface area contributed by atoms with Crippen LogP contribution in [0.15, 0.2) is 22.7 Å². The number of phenols is 1. The summed E-state index contributed by atoms with van der Waals surface area (Å²) < 4.78 is 0.781. The monoisotopic (exact) mass is 387 g/mol. The van der Waals surface area contributed by atoms with Crippen molar-refractivity contribution in [3.05, 3.63) is 28.2 Å². The zero-order valence-electron chi connectivity index (χ0n) is 10.4. The maximum absolute atomic E-state index is 12.6. The van der Waals surface area contributed by atoms with Gasteiger partial charge in [-0.3, -0.25) is 4.79 Å². The number of halogens is 2. The molecule has 3 rings (SSSR count). The predicted octanol–water partition coefficient (Wildman–Crippen LogP) is 3.69. The topological polar surface area (TPSA) is 40.5 Å². The summed E-state index contributed by atoms with van der Waals surface area (Å²) in [7, 11) is 0. The molecule has 5 heteroatoms. The van der Waals surface area contributed by atoms with E-state index in [9.17, 15) is 9.90 Å². The molecule has 2 fully saturated rings. The van der Waals surface area contributed by atoms with E-state index in [-0.39, 0.29) is 11.7 Å². The number of fused-ring (bicyclic) bond motifs is 2. The predicted molar refractivity (Wildman–Crippen MR) is 80.7 cm³/mol. The molecule has 2 saturated heterocycles. The lowest BCUT2D eigenvalue weighted by Crippen LogP contribution is -2.46. The molecule has 0 aromatic heterocycles. The number of phenolic OH excluding ortho intramolecular Hbond substituents is 1. The molecule has 102 valence electrons. The first-order chi connectivity index (χ1) is 9.06. The summed E-state index contributed by atoms with van der Waals surface area (Å²) in [5, 5.41) is 9.95. The fourth-order valence-electron chi connectivity index (χ4n) is 3.27. The van der Waals surface area contributed by atoms with Gasteiger partial charge in [-0.2, -0.15) is 0 Å². The van der Waals surface area contributed by atoms with Gasteiger partial charge in [0, 0.05) is 21.4 Å². The Balaban J connectivity index is 1.88. The number of piperidine rings is 1. The molecule has 2 aliphatic heterocycles. The zero-order valence-corrected chi connectivity index (χ0v) is 13.5. The van der Waals surface area contributed by atoms with Crippen molar-refractivity contribution in [2.75, 3.05) is 0 Å². The van der Waals surface area contributed by atoms with Gasteiger partial charge < -0.3 is 10.0 Å². The molecule has 0 spiro atoms. The van der Waals surface area contributed by atoms with Crippen molar-refractivity contribution in [1.29, 1.82) is 0 Å². The molecule has 2 aliphatic rings. The minimum atomic E-state index is -0.0306. The first-order valence-electron chi connectivity index (χ1n) is 6.51. The fraction of sp³-hybridized carbons (Fsp3) is 0.500. The Morgan fingerprint density at radius 2 is 1.89 bits per heavy atom. The Kier molecular flexibility index (Phi) is 3.60. The van der Waals surface area contributed by atoms with Gasteiger partial charge >= 0.3 is 0 Å². The van der Waals surface area contributed by atoms with Crippen molar-refractivity contribution in [1.82, 2.24) is 4.90 Å². The van der Waals surface area contributed by atoms with E-state index in [0.29, 0.717) is 22.5 Å². The van der Waals surface area contributed by atoms with Crippen LogP contribution in [0.2, 0.25) is 0 Å². The van der Waals surface area contributed by atoms with Gasteiger partial charge in [0.15, 0.2) is 0 Å². The molecule has 2 heterocycles. The first-order valence-corrected chi connectivity index (χ1v) is 8.22. The minimum Gasteiger partial charge on any atom is -0.507 e. The number of amides is 1. The van der Waals surface area contributed by atoms with Gasteiger partial charge in [-0.1, -0.05) is 31.9 Å². The van der Waals surface area contributed by atoms with E-state index in [2.05, 4.69) is 31.9 Å². The maximum atomic E-state index is 12.6. The second-order valence-electron chi connectivity index (χ2n) is 5.33. The van der Waals surface area contributed by atoms with E-state index < -0.39 is 0 Å². The smallest absolute Gasteiger partial charge is 0.258 e. The molecule has 2 atom stereocenters. The molecule has 1 amide bonds. The number of aromatic hydroxyl groups is 1. The molecule has 1 aromatic carbocycles. The lowest BCUT2D eigenvalue weighted by Gasteiger charge is -2.37. The number of hydrogen-bond acceptors (Lipinski definition) is 2. The molecular formula is C14H15Br2NO2. The van der Waals surface area contributed by atoms with Crippen LogP contribution in [0.25, 0.3) is 0 Å². The van der Waals surface area contributed by atoms with E-state index in [1.165, 1.54) is 0 Å². The lowest BCUT2D eigenvalue weighted by molar-refractivity contribution is 0.0600. The molecule has 0 radical (unpaired) electrons. The number of carbonyl (C=O) groups is 1. The van der Waals surface area contributed by atoms with E-state index in [1.807, 2.05) is 4.90 Å². The molecular weight excluding hydrogens is 374 g/mol. The van der Waals surface area contributed by atoms with Crippen LogP contribution in [-0.4, -0.2) is 32.8 Å².